The first-order valence-corrected chi connectivity index (χ1v) is 9.65. The average molecular weight is 406 g/mol. The molecule has 30 heavy (non-hydrogen) atoms. The van der Waals surface area contributed by atoms with Gasteiger partial charge in [-0.1, -0.05) is 30.1 Å². The van der Waals surface area contributed by atoms with Gasteiger partial charge in [-0.15, -0.1) is 0 Å². The van der Waals surface area contributed by atoms with E-state index in [0.717, 1.165) is 12.0 Å². The van der Waals surface area contributed by atoms with Crippen molar-refractivity contribution >= 4 is 28.4 Å². The van der Waals surface area contributed by atoms with E-state index in [-0.39, 0.29) is 29.3 Å². The van der Waals surface area contributed by atoms with Gasteiger partial charge < -0.3 is 11.1 Å². The minimum atomic E-state index is -0.416. The monoisotopic (exact) mass is 406 g/mol. The van der Waals surface area contributed by atoms with Gasteiger partial charge in [-0.05, 0) is 42.3 Å². The van der Waals surface area contributed by atoms with Crippen LogP contribution >= 0.6 is 0 Å². The number of carbonyl (C=O) groups excluding carboxylic acids is 1. The summed E-state index contributed by atoms with van der Waals surface area (Å²) in [6, 6.07) is 12.6. The first-order chi connectivity index (χ1) is 14.5. The molecule has 0 bridgehead atoms. The third kappa shape index (κ3) is 3.47. The van der Waals surface area contributed by atoms with Crippen LogP contribution in [0.4, 0.5) is 10.2 Å². The van der Waals surface area contributed by atoms with Crippen LogP contribution in [0.3, 0.4) is 0 Å². The second kappa shape index (κ2) is 7.90. The highest BCUT2D eigenvalue weighted by Crippen LogP contribution is 2.15. The lowest BCUT2D eigenvalue weighted by Gasteiger charge is -2.12. The van der Waals surface area contributed by atoms with Crippen molar-refractivity contribution in [1.82, 2.24) is 14.7 Å². The molecular weight excluding hydrogens is 385 g/mol. The van der Waals surface area contributed by atoms with E-state index in [2.05, 4.69) is 10.3 Å². The van der Waals surface area contributed by atoms with E-state index in [9.17, 15) is 14.0 Å². The number of nitrogens with one attached hydrogen (secondary N) is 1. The number of amides is 1. The molecule has 0 saturated heterocycles. The van der Waals surface area contributed by atoms with Crippen LogP contribution in [0.2, 0.25) is 0 Å². The fourth-order valence-corrected chi connectivity index (χ4v) is 3.41. The van der Waals surface area contributed by atoms with Crippen molar-refractivity contribution in [3.8, 4) is 0 Å². The summed E-state index contributed by atoms with van der Waals surface area (Å²) >= 11 is 0. The zero-order valence-electron chi connectivity index (χ0n) is 16.4. The van der Waals surface area contributed by atoms with Crippen molar-refractivity contribution < 1.29 is 13.8 Å². The minimum Gasteiger partial charge on any atom is -0.348 e. The predicted octanol–water partition coefficient (Wildman–Crippen LogP) is 2.20. The van der Waals surface area contributed by atoms with Crippen LogP contribution in [0.15, 0.2) is 59.5 Å². The topological polar surface area (TPSA) is 93.4 Å². The molecule has 4 rings (SSSR count). The van der Waals surface area contributed by atoms with E-state index in [1.807, 2.05) is 6.92 Å². The number of rotatable bonds is 5. The smallest absolute Gasteiger partial charge is 0.278 e. The van der Waals surface area contributed by atoms with Crippen LogP contribution in [0.1, 0.15) is 29.3 Å². The number of pyridine rings is 2. The normalized spacial score (nSPS) is 11.1. The summed E-state index contributed by atoms with van der Waals surface area (Å²) < 4.78 is 16.2. The molecule has 3 heterocycles. The first-order valence-electron chi connectivity index (χ1n) is 9.65. The number of hydrogen-bond donors (Lipinski definition) is 2. The fourth-order valence-electron chi connectivity index (χ4n) is 3.41. The molecule has 8 heteroatoms. The number of hydrogen-bond acceptors (Lipinski definition) is 4. The minimum absolute atomic E-state index is 0.202. The highest BCUT2D eigenvalue weighted by Gasteiger charge is 2.23. The summed E-state index contributed by atoms with van der Waals surface area (Å²) in [6.45, 7) is 2.70. The molecule has 0 spiro atoms. The maximum Gasteiger partial charge on any atom is 0.278 e. The van der Waals surface area contributed by atoms with E-state index in [1.54, 1.807) is 41.1 Å². The number of aryl methyl sites for hydroxylation is 1. The Morgan fingerprint density at radius 2 is 2.00 bits per heavy atom. The largest absolute Gasteiger partial charge is 0.348 e. The van der Waals surface area contributed by atoms with Crippen LogP contribution in [0.25, 0.3) is 16.7 Å². The Labute approximate surface area is 171 Å². The van der Waals surface area contributed by atoms with Crippen LogP contribution in [0, 0.1) is 5.82 Å². The molecule has 0 aliphatic heterocycles. The number of carbonyl (C=O) groups is 1. The van der Waals surface area contributed by atoms with Crippen molar-refractivity contribution in [2.24, 2.45) is 0 Å². The molecule has 7 nitrogen and oxygen atoms in total. The Balaban J connectivity index is 1.80. The molecule has 0 aliphatic carbocycles. The predicted molar refractivity (Wildman–Crippen MR) is 111 cm³/mol. The summed E-state index contributed by atoms with van der Waals surface area (Å²) in [5.41, 5.74) is 7.96. The molecule has 0 unspecified atom stereocenters. The Morgan fingerprint density at radius 3 is 2.73 bits per heavy atom. The van der Waals surface area contributed by atoms with Gasteiger partial charge in [0.2, 0.25) is 11.5 Å². The molecule has 0 aliphatic rings. The van der Waals surface area contributed by atoms with E-state index in [0.29, 0.717) is 23.2 Å². The van der Waals surface area contributed by atoms with Crippen molar-refractivity contribution in [3.63, 3.8) is 0 Å². The number of aromatic nitrogens is 3. The third-order valence-corrected chi connectivity index (χ3v) is 4.92. The number of fused-ring (bicyclic) bond motifs is 2. The molecule has 3 aromatic heterocycles. The number of nitrogen functional groups attached to an aromatic ring is 1. The SMILES string of the molecule is CCC[n+]1c(N)c(C(=O)NCc2ccc(F)cc2)cc2c(=O)n3ccccc3nc21. The Morgan fingerprint density at radius 1 is 1.23 bits per heavy atom. The highest BCUT2D eigenvalue weighted by atomic mass is 19.1. The summed E-state index contributed by atoms with van der Waals surface area (Å²) in [7, 11) is 0. The molecule has 0 fully saturated rings. The van der Waals surface area contributed by atoms with Crippen LogP contribution in [-0.2, 0) is 13.1 Å². The zero-order valence-corrected chi connectivity index (χ0v) is 16.4. The molecule has 1 amide bonds. The standard InChI is InChI=1S/C22H20FN5O2/c1-2-10-28-19(24)16(21(29)25-13-14-6-8-15(23)9-7-14)12-17-20(28)26-18-5-3-4-11-27(18)22(17)30/h3-9,11-12,24H,2,10,13H2,1H3,(H,25,29)/p+1. The number of nitrogens with zero attached hydrogens (tertiary/aromatic N) is 3. The number of halogens is 1. The first kappa shape index (κ1) is 19.5. The summed E-state index contributed by atoms with van der Waals surface area (Å²) in [6.07, 6.45) is 2.39. The van der Waals surface area contributed by atoms with E-state index in [1.165, 1.54) is 22.6 Å². The fraction of sp³-hybridized carbons (Fsp3) is 0.182. The maximum absolute atomic E-state index is 13.1. The van der Waals surface area contributed by atoms with Gasteiger partial charge in [-0.25, -0.2) is 8.96 Å². The lowest BCUT2D eigenvalue weighted by molar-refractivity contribution is -0.658. The molecule has 3 N–H and O–H groups in total. The molecular formula is C22H21FN5O2+. The highest BCUT2D eigenvalue weighted by molar-refractivity contribution is 6.00. The third-order valence-electron chi connectivity index (χ3n) is 4.92. The van der Waals surface area contributed by atoms with Crippen molar-refractivity contribution in [3.05, 3.63) is 82.0 Å². The van der Waals surface area contributed by atoms with Crippen LogP contribution < -0.4 is 21.2 Å². The molecule has 152 valence electrons. The number of benzene rings is 1. The quantitative estimate of drug-likeness (QED) is 0.393. The lowest BCUT2D eigenvalue weighted by Crippen LogP contribution is -2.42. The van der Waals surface area contributed by atoms with Crippen LogP contribution in [-0.4, -0.2) is 15.3 Å². The van der Waals surface area contributed by atoms with Gasteiger partial charge in [0, 0.05) is 12.7 Å². The van der Waals surface area contributed by atoms with Crippen LogP contribution in [0.5, 0.6) is 0 Å². The summed E-state index contributed by atoms with van der Waals surface area (Å²) in [5, 5.41) is 3.10. The second-order valence-corrected chi connectivity index (χ2v) is 6.99. The van der Waals surface area contributed by atoms with Gasteiger partial charge in [0.1, 0.15) is 16.8 Å². The summed E-state index contributed by atoms with van der Waals surface area (Å²) in [5.74, 6) is -0.515. The van der Waals surface area contributed by atoms with Gasteiger partial charge in [0.05, 0.1) is 6.54 Å². The van der Waals surface area contributed by atoms with Crippen molar-refractivity contribution in [1.29, 1.82) is 0 Å². The zero-order chi connectivity index (χ0) is 21.3. The maximum atomic E-state index is 13.1. The molecule has 4 aromatic rings. The molecule has 0 saturated carbocycles. The second-order valence-electron chi connectivity index (χ2n) is 6.99. The van der Waals surface area contributed by atoms with Gasteiger partial charge >= 0.3 is 0 Å². The number of anilines is 1. The number of nitrogens with two attached hydrogens (primary N) is 1. The van der Waals surface area contributed by atoms with Crippen molar-refractivity contribution in [2.45, 2.75) is 26.4 Å². The Hall–Kier alpha value is -3.81. The molecule has 0 radical (unpaired) electrons. The van der Waals surface area contributed by atoms with E-state index < -0.39 is 5.91 Å². The van der Waals surface area contributed by atoms with Gasteiger partial charge in [0.15, 0.2) is 0 Å². The average Bonchev–Trinajstić information content (AvgIpc) is 2.75. The Bertz CT molecular complexity index is 1320. The molecule has 0 atom stereocenters. The molecule has 1 aromatic carbocycles. The summed E-state index contributed by atoms with van der Waals surface area (Å²) in [4.78, 5) is 30.5. The van der Waals surface area contributed by atoms with Gasteiger partial charge in [-0.2, -0.15) is 0 Å². The van der Waals surface area contributed by atoms with Gasteiger partial charge in [-0.3, -0.25) is 14.0 Å². The Kier molecular flexibility index (Phi) is 5.14. The van der Waals surface area contributed by atoms with Gasteiger partial charge in [0.25, 0.3) is 17.1 Å². The lowest BCUT2D eigenvalue weighted by atomic mass is 10.1. The van der Waals surface area contributed by atoms with Crippen molar-refractivity contribution in [2.75, 3.05) is 5.73 Å². The van der Waals surface area contributed by atoms with E-state index >= 15 is 0 Å². The van der Waals surface area contributed by atoms with E-state index in [4.69, 9.17) is 5.73 Å².